The third kappa shape index (κ3) is 2.06. The summed E-state index contributed by atoms with van der Waals surface area (Å²) in [7, 11) is 0. The molecule has 0 saturated carbocycles. The van der Waals surface area contributed by atoms with Gasteiger partial charge in [0.2, 0.25) is 0 Å². The monoisotopic (exact) mass is 224 g/mol. The maximum atomic E-state index is 11.3. The molecule has 1 aromatic carbocycles. The highest BCUT2D eigenvalue weighted by Crippen LogP contribution is 2.33. The van der Waals surface area contributed by atoms with Crippen molar-refractivity contribution < 1.29 is 9.53 Å². The Labute approximate surface area is 94.2 Å². The van der Waals surface area contributed by atoms with E-state index in [2.05, 4.69) is 0 Å². The molecule has 15 heavy (non-hydrogen) atoms. The molecule has 0 radical (unpaired) electrons. The molecule has 0 aromatic heterocycles. The van der Waals surface area contributed by atoms with Crippen LogP contribution >= 0.6 is 11.6 Å². The van der Waals surface area contributed by atoms with Gasteiger partial charge in [0.05, 0.1) is 5.41 Å². The number of carbonyl (C=O) groups is 1. The quantitative estimate of drug-likeness (QED) is 0.722. The van der Waals surface area contributed by atoms with Crippen LogP contribution in [0.1, 0.15) is 18.4 Å². The summed E-state index contributed by atoms with van der Waals surface area (Å²) < 4.78 is 5.29. The number of aldehydes is 1. The molecule has 1 aromatic rings. The van der Waals surface area contributed by atoms with Crippen LogP contribution in [-0.2, 0) is 14.9 Å². The molecule has 1 aliphatic heterocycles. The molecule has 0 atom stereocenters. The van der Waals surface area contributed by atoms with Gasteiger partial charge in [-0.25, -0.2) is 0 Å². The molecule has 2 rings (SSSR count). The Morgan fingerprint density at radius 3 is 2.67 bits per heavy atom. The van der Waals surface area contributed by atoms with Crippen molar-refractivity contribution in [3.63, 3.8) is 0 Å². The molecule has 0 unspecified atom stereocenters. The van der Waals surface area contributed by atoms with Crippen molar-refractivity contribution in [3.8, 4) is 0 Å². The summed E-state index contributed by atoms with van der Waals surface area (Å²) in [4.78, 5) is 11.3. The van der Waals surface area contributed by atoms with Crippen molar-refractivity contribution in [3.05, 3.63) is 34.9 Å². The van der Waals surface area contributed by atoms with Gasteiger partial charge in [0.15, 0.2) is 0 Å². The van der Waals surface area contributed by atoms with Gasteiger partial charge in [-0.3, -0.25) is 0 Å². The molecule has 0 spiro atoms. The predicted octanol–water partition coefficient (Wildman–Crippen LogP) is 2.59. The SMILES string of the molecule is O=CC1(c2cccc(Cl)c2)CCOCC1. The molecule has 0 amide bonds. The van der Waals surface area contributed by atoms with Crippen LogP contribution in [0.5, 0.6) is 0 Å². The number of hydrogen-bond acceptors (Lipinski definition) is 2. The van der Waals surface area contributed by atoms with E-state index in [0.717, 1.165) is 24.7 Å². The Morgan fingerprint density at radius 2 is 2.07 bits per heavy atom. The summed E-state index contributed by atoms with van der Waals surface area (Å²) in [5.74, 6) is 0. The molecule has 1 aliphatic rings. The summed E-state index contributed by atoms with van der Waals surface area (Å²) in [5, 5.41) is 0.681. The van der Waals surface area contributed by atoms with Gasteiger partial charge in [-0.2, -0.15) is 0 Å². The maximum Gasteiger partial charge on any atom is 0.130 e. The average molecular weight is 225 g/mol. The van der Waals surface area contributed by atoms with E-state index in [1.807, 2.05) is 24.3 Å². The Balaban J connectivity index is 2.36. The second kappa shape index (κ2) is 4.33. The Bertz CT molecular complexity index is 356. The molecule has 1 saturated heterocycles. The molecule has 0 aliphatic carbocycles. The summed E-state index contributed by atoms with van der Waals surface area (Å²) in [6.07, 6.45) is 2.54. The topological polar surface area (TPSA) is 26.3 Å². The van der Waals surface area contributed by atoms with Crippen LogP contribution in [0, 0.1) is 0 Å². The lowest BCUT2D eigenvalue weighted by Crippen LogP contribution is -2.35. The zero-order chi connectivity index (χ0) is 10.7. The van der Waals surface area contributed by atoms with E-state index in [1.165, 1.54) is 0 Å². The van der Waals surface area contributed by atoms with Crippen LogP contribution in [0.3, 0.4) is 0 Å². The molecule has 3 heteroatoms. The van der Waals surface area contributed by atoms with E-state index in [9.17, 15) is 4.79 Å². The summed E-state index contributed by atoms with van der Waals surface area (Å²) in [6.45, 7) is 1.29. The Kier molecular flexibility index (Phi) is 3.08. The molecule has 1 fully saturated rings. The number of ether oxygens (including phenoxy) is 1. The van der Waals surface area contributed by atoms with Gasteiger partial charge in [0, 0.05) is 18.2 Å². The molecule has 0 N–H and O–H groups in total. The zero-order valence-electron chi connectivity index (χ0n) is 8.41. The predicted molar refractivity (Wildman–Crippen MR) is 59.2 cm³/mol. The molecular weight excluding hydrogens is 212 g/mol. The number of carbonyl (C=O) groups excluding carboxylic acids is 1. The highest BCUT2D eigenvalue weighted by molar-refractivity contribution is 6.30. The van der Waals surface area contributed by atoms with Crippen molar-refractivity contribution >= 4 is 17.9 Å². The number of hydrogen-bond donors (Lipinski definition) is 0. The van der Waals surface area contributed by atoms with E-state index in [1.54, 1.807) is 0 Å². The lowest BCUT2D eigenvalue weighted by atomic mass is 9.75. The largest absolute Gasteiger partial charge is 0.381 e. The summed E-state index contributed by atoms with van der Waals surface area (Å²) in [5.41, 5.74) is 0.622. The second-order valence-electron chi connectivity index (χ2n) is 3.90. The summed E-state index contributed by atoms with van der Waals surface area (Å²) in [6, 6.07) is 7.55. The first-order valence-corrected chi connectivity index (χ1v) is 5.45. The van der Waals surface area contributed by atoms with Crippen LogP contribution in [0.15, 0.2) is 24.3 Å². The van der Waals surface area contributed by atoms with Crippen LogP contribution in [0.25, 0.3) is 0 Å². The fourth-order valence-corrected chi connectivity index (χ4v) is 2.20. The summed E-state index contributed by atoms with van der Waals surface area (Å²) >= 11 is 5.94. The smallest absolute Gasteiger partial charge is 0.130 e. The number of halogens is 1. The van der Waals surface area contributed by atoms with E-state index in [0.29, 0.717) is 18.2 Å². The molecule has 2 nitrogen and oxygen atoms in total. The molecule has 0 bridgehead atoms. The van der Waals surface area contributed by atoms with Crippen molar-refractivity contribution in [1.82, 2.24) is 0 Å². The fraction of sp³-hybridized carbons (Fsp3) is 0.417. The lowest BCUT2D eigenvalue weighted by Gasteiger charge is -2.32. The highest BCUT2D eigenvalue weighted by atomic mass is 35.5. The van der Waals surface area contributed by atoms with Crippen LogP contribution < -0.4 is 0 Å². The van der Waals surface area contributed by atoms with Gasteiger partial charge in [-0.1, -0.05) is 23.7 Å². The number of rotatable bonds is 2. The van der Waals surface area contributed by atoms with Crippen LogP contribution in [0.4, 0.5) is 0 Å². The third-order valence-electron chi connectivity index (χ3n) is 3.01. The van der Waals surface area contributed by atoms with Gasteiger partial charge < -0.3 is 9.53 Å². The minimum Gasteiger partial charge on any atom is -0.381 e. The number of benzene rings is 1. The van der Waals surface area contributed by atoms with E-state index in [4.69, 9.17) is 16.3 Å². The highest BCUT2D eigenvalue weighted by Gasteiger charge is 2.34. The minimum atomic E-state index is -0.386. The fourth-order valence-electron chi connectivity index (χ4n) is 2.01. The van der Waals surface area contributed by atoms with Gasteiger partial charge in [-0.05, 0) is 30.5 Å². The Morgan fingerprint density at radius 1 is 1.33 bits per heavy atom. The first kappa shape index (κ1) is 10.7. The van der Waals surface area contributed by atoms with Gasteiger partial charge >= 0.3 is 0 Å². The van der Waals surface area contributed by atoms with E-state index >= 15 is 0 Å². The van der Waals surface area contributed by atoms with Crippen molar-refractivity contribution in [2.24, 2.45) is 0 Å². The van der Waals surface area contributed by atoms with Crippen LogP contribution in [-0.4, -0.2) is 19.5 Å². The first-order valence-electron chi connectivity index (χ1n) is 5.07. The van der Waals surface area contributed by atoms with E-state index in [-0.39, 0.29) is 5.41 Å². The minimum absolute atomic E-state index is 0.386. The molecule has 80 valence electrons. The van der Waals surface area contributed by atoms with E-state index < -0.39 is 0 Å². The van der Waals surface area contributed by atoms with Gasteiger partial charge in [0.1, 0.15) is 6.29 Å². The molecular formula is C12H13ClO2. The van der Waals surface area contributed by atoms with Crippen molar-refractivity contribution in [2.45, 2.75) is 18.3 Å². The Hall–Kier alpha value is -0.860. The molecule has 1 heterocycles. The average Bonchev–Trinajstić information content (AvgIpc) is 2.30. The second-order valence-corrected chi connectivity index (χ2v) is 4.33. The lowest BCUT2D eigenvalue weighted by molar-refractivity contribution is -0.115. The van der Waals surface area contributed by atoms with Crippen molar-refractivity contribution in [1.29, 1.82) is 0 Å². The standard InChI is InChI=1S/C12H13ClO2/c13-11-3-1-2-10(8-11)12(9-14)4-6-15-7-5-12/h1-3,8-9H,4-7H2. The third-order valence-corrected chi connectivity index (χ3v) is 3.25. The van der Waals surface area contributed by atoms with Gasteiger partial charge in [0.25, 0.3) is 0 Å². The normalized spacial score (nSPS) is 19.8. The first-order chi connectivity index (χ1) is 7.27. The van der Waals surface area contributed by atoms with Crippen molar-refractivity contribution in [2.75, 3.05) is 13.2 Å². The van der Waals surface area contributed by atoms with Crippen LogP contribution in [0.2, 0.25) is 5.02 Å². The maximum absolute atomic E-state index is 11.3. The van der Waals surface area contributed by atoms with Gasteiger partial charge in [-0.15, -0.1) is 0 Å². The zero-order valence-corrected chi connectivity index (χ0v) is 9.17.